The number of rotatable bonds is 12. The average Bonchev–Trinajstić information content (AvgIpc) is 3.09. The number of nitrogen functional groups attached to an aromatic ring is 1. The first kappa shape index (κ1) is 30.1. The molecule has 5 N–H and O–H groups in total. The highest BCUT2D eigenvalue weighted by Gasteiger charge is 2.57. The second-order valence-electron chi connectivity index (χ2n) is 8.74. The predicted molar refractivity (Wildman–Crippen MR) is 141 cm³/mol. The second kappa shape index (κ2) is 12.6. The summed E-state index contributed by atoms with van der Waals surface area (Å²) in [6.45, 7) is 2.60. The first-order valence-electron chi connectivity index (χ1n) is 11.9. The van der Waals surface area contributed by atoms with E-state index in [0.29, 0.717) is 5.75 Å². The largest absolute Gasteiger partial charge is 0.462 e. The van der Waals surface area contributed by atoms with Crippen molar-refractivity contribution in [3.63, 3.8) is 0 Å². The van der Waals surface area contributed by atoms with Gasteiger partial charge < -0.3 is 39.2 Å². The van der Waals surface area contributed by atoms with E-state index in [2.05, 4.69) is 10.1 Å². The molecule has 2 aromatic rings. The van der Waals surface area contributed by atoms with Crippen molar-refractivity contribution in [1.29, 1.82) is 0 Å². The van der Waals surface area contributed by atoms with E-state index in [1.165, 1.54) is 12.3 Å². The van der Waals surface area contributed by atoms with Crippen LogP contribution in [0.4, 0.5) is 5.82 Å². The number of aliphatic hydroxyl groups is 2. The van der Waals surface area contributed by atoms with Crippen molar-refractivity contribution in [3.05, 3.63) is 53.1 Å². The number of ether oxygens (including phenoxy) is 3. The van der Waals surface area contributed by atoms with Crippen LogP contribution in [0, 0.1) is 0 Å². The predicted octanol–water partition coefficient (Wildman–Crippen LogP) is 1.06. The fourth-order valence-corrected chi connectivity index (χ4v) is 6.03. The summed E-state index contributed by atoms with van der Waals surface area (Å²) in [4.78, 5) is 28.5. The Morgan fingerprint density at radius 3 is 2.58 bits per heavy atom. The fourth-order valence-electron chi connectivity index (χ4n) is 3.63. The number of nitrogens with two attached hydrogens (primary N) is 1. The standard InChI is InChI=1S/C23H33N4O9PS/c1-5-32-23(19(29)18(28)20(35-23)27-12-11-17(24)25-22(27)31)13-33-37(38,36-16-9-7-6-8-10-16)26-15(4)21(30)34-14(2)3/h6-12,14-15,18-20,28-29H,5,13H2,1-4H3,(H,26,38)(H2,24,25,31)/t15-,18-,19+,20-,23-,37?/m1/s1. The molecule has 1 aromatic heterocycles. The van der Waals surface area contributed by atoms with Crippen LogP contribution in [0.25, 0.3) is 0 Å². The molecule has 1 saturated heterocycles. The van der Waals surface area contributed by atoms with Gasteiger partial charge in [-0.15, -0.1) is 0 Å². The number of hydrogen-bond donors (Lipinski definition) is 4. The quantitative estimate of drug-likeness (QED) is 0.210. The van der Waals surface area contributed by atoms with Gasteiger partial charge in [0.25, 0.3) is 0 Å². The molecule has 0 aliphatic carbocycles. The number of nitrogens with one attached hydrogen (secondary N) is 1. The summed E-state index contributed by atoms with van der Waals surface area (Å²) in [6.07, 6.45) is -3.72. The number of carbonyl (C=O) groups excluding carboxylic acids is 1. The monoisotopic (exact) mass is 572 g/mol. The maximum absolute atomic E-state index is 12.5. The van der Waals surface area contributed by atoms with E-state index in [-0.39, 0.29) is 18.5 Å². The normalized spacial score (nSPS) is 25.6. The third kappa shape index (κ3) is 7.16. The Morgan fingerprint density at radius 2 is 1.97 bits per heavy atom. The van der Waals surface area contributed by atoms with Crippen LogP contribution in [0.15, 0.2) is 47.4 Å². The Balaban J connectivity index is 1.88. The number of benzene rings is 1. The van der Waals surface area contributed by atoms with Crippen molar-refractivity contribution in [3.8, 4) is 5.75 Å². The molecular formula is C23H33N4O9PS. The van der Waals surface area contributed by atoms with E-state index in [0.717, 1.165) is 4.57 Å². The minimum Gasteiger partial charge on any atom is -0.462 e. The first-order chi connectivity index (χ1) is 17.9. The fraction of sp³-hybridized carbons (Fsp3) is 0.522. The lowest BCUT2D eigenvalue weighted by Crippen LogP contribution is -2.49. The van der Waals surface area contributed by atoms with Gasteiger partial charge in [0.1, 0.15) is 36.4 Å². The summed E-state index contributed by atoms with van der Waals surface area (Å²) < 4.78 is 29.8. The van der Waals surface area contributed by atoms with Crippen molar-refractivity contribution in [2.75, 3.05) is 18.9 Å². The SMILES string of the molecule is CCO[C@]1(COP(=S)(N[C@H](C)C(=O)OC(C)C)Oc2ccccc2)O[C@@H](n2ccc(N)nc2=O)[C@H](O)[C@@H]1O. The molecule has 0 radical (unpaired) electrons. The molecule has 38 heavy (non-hydrogen) atoms. The zero-order chi connectivity index (χ0) is 28.1. The summed E-state index contributed by atoms with van der Waals surface area (Å²) in [7, 11) is 0. The van der Waals surface area contributed by atoms with Gasteiger partial charge in [0.15, 0.2) is 6.23 Å². The Bertz CT molecular complexity index is 1200. The van der Waals surface area contributed by atoms with Crippen LogP contribution in [0.3, 0.4) is 0 Å². The van der Waals surface area contributed by atoms with Crippen LogP contribution >= 0.6 is 6.64 Å². The van der Waals surface area contributed by atoms with E-state index in [9.17, 15) is 19.8 Å². The van der Waals surface area contributed by atoms with Crippen LogP contribution in [-0.4, -0.2) is 69.1 Å². The molecule has 210 valence electrons. The molecule has 1 aliphatic heterocycles. The zero-order valence-corrected chi connectivity index (χ0v) is 23.1. The third-order valence-corrected chi connectivity index (χ3v) is 7.84. The number of para-hydroxylation sites is 1. The van der Waals surface area contributed by atoms with E-state index in [1.807, 2.05) is 0 Å². The molecule has 13 nitrogen and oxygen atoms in total. The third-order valence-electron chi connectivity index (χ3n) is 5.36. The van der Waals surface area contributed by atoms with Gasteiger partial charge in [-0.3, -0.25) is 9.36 Å². The highest BCUT2D eigenvalue weighted by molar-refractivity contribution is 8.09. The molecule has 2 heterocycles. The van der Waals surface area contributed by atoms with Crippen LogP contribution in [0.1, 0.15) is 33.9 Å². The van der Waals surface area contributed by atoms with E-state index in [1.54, 1.807) is 58.0 Å². The topological polar surface area (TPSA) is 177 Å². The van der Waals surface area contributed by atoms with Crippen LogP contribution < -0.4 is 21.0 Å². The molecule has 1 unspecified atom stereocenters. The lowest BCUT2D eigenvalue weighted by atomic mass is 10.1. The van der Waals surface area contributed by atoms with Crippen molar-refractivity contribution < 1.29 is 38.3 Å². The van der Waals surface area contributed by atoms with Gasteiger partial charge in [-0.05, 0) is 57.7 Å². The summed E-state index contributed by atoms with van der Waals surface area (Å²) >= 11 is 5.70. The number of nitrogens with zero attached hydrogens (tertiary/aromatic N) is 2. The van der Waals surface area contributed by atoms with Gasteiger partial charge >= 0.3 is 18.3 Å². The molecule has 1 aliphatic rings. The van der Waals surface area contributed by atoms with Gasteiger partial charge in [-0.25, -0.2) is 9.88 Å². The van der Waals surface area contributed by atoms with Crippen molar-refractivity contribution in [2.45, 2.75) is 64.1 Å². The number of aliphatic hydroxyl groups excluding tert-OH is 2. The molecule has 0 amide bonds. The minimum absolute atomic E-state index is 0.0198. The van der Waals surface area contributed by atoms with E-state index < -0.39 is 55.2 Å². The van der Waals surface area contributed by atoms with Gasteiger partial charge in [-0.1, -0.05) is 18.2 Å². The van der Waals surface area contributed by atoms with Gasteiger partial charge in [-0.2, -0.15) is 4.98 Å². The van der Waals surface area contributed by atoms with Crippen molar-refractivity contribution in [1.82, 2.24) is 14.6 Å². The Morgan fingerprint density at radius 1 is 1.29 bits per heavy atom. The summed E-state index contributed by atoms with van der Waals surface area (Å²) in [6, 6.07) is 8.99. The van der Waals surface area contributed by atoms with Gasteiger partial charge in [0, 0.05) is 12.8 Å². The molecule has 3 rings (SSSR count). The number of esters is 1. The summed E-state index contributed by atoms with van der Waals surface area (Å²) in [5, 5.41) is 24.6. The van der Waals surface area contributed by atoms with Crippen molar-refractivity contribution >= 4 is 30.2 Å². The Labute approximate surface area is 225 Å². The molecule has 0 bridgehead atoms. The maximum atomic E-state index is 12.5. The second-order valence-corrected chi connectivity index (χ2v) is 11.9. The average molecular weight is 573 g/mol. The van der Waals surface area contributed by atoms with Crippen LogP contribution in [-0.2, 0) is 35.3 Å². The summed E-state index contributed by atoms with van der Waals surface area (Å²) in [5.74, 6) is -2.18. The molecule has 1 fully saturated rings. The smallest absolute Gasteiger partial charge is 0.351 e. The molecule has 6 atom stereocenters. The van der Waals surface area contributed by atoms with Crippen LogP contribution in [0.2, 0.25) is 0 Å². The van der Waals surface area contributed by atoms with E-state index in [4.69, 9.17) is 40.8 Å². The highest BCUT2D eigenvalue weighted by Crippen LogP contribution is 2.48. The zero-order valence-electron chi connectivity index (χ0n) is 21.4. The number of aromatic nitrogens is 2. The van der Waals surface area contributed by atoms with Gasteiger partial charge in [0.05, 0.1) is 6.10 Å². The molecule has 0 saturated carbocycles. The number of carbonyl (C=O) groups is 1. The summed E-state index contributed by atoms with van der Waals surface area (Å²) in [5.41, 5.74) is 4.75. The number of anilines is 1. The molecule has 0 spiro atoms. The lowest BCUT2D eigenvalue weighted by molar-refractivity contribution is -0.276. The lowest BCUT2D eigenvalue weighted by Gasteiger charge is -2.34. The molecule has 1 aromatic carbocycles. The highest BCUT2D eigenvalue weighted by atomic mass is 32.5. The number of hydrogen-bond acceptors (Lipinski definition) is 12. The Kier molecular flexibility index (Phi) is 10.0. The molecule has 15 heteroatoms. The Hall–Kier alpha value is -2.42. The van der Waals surface area contributed by atoms with Gasteiger partial charge in [0.2, 0.25) is 5.79 Å². The maximum Gasteiger partial charge on any atom is 0.351 e. The van der Waals surface area contributed by atoms with Crippen LogP contribution in [0.5, 0.6) is 5.75 Å². The first-order valence-corrected chi connectivity index (χ1v) is 14.5. The molecular weight excluding hydrogens is 539 g/mol. The van der Waals surface area contributed by atoms with Crippen molar-refractivity contribution in [2.24, 2.45) is 0 Å². The minimum atomic E-state index is -3.54. The van der Waals surface area contributed by atoms with E-state index >= 15 is 0 Å².